The Morgan fingerprint density at radius 3 is 2.37 bits per heavy atom. The van der Waals surface area contributed by atoms with Crippen molar-refractivity contribution in [3.63, 3.8) is 0 Å². The lowest BCUT2D eigenvalue weighted by molar-refractivity contribution is -0.0549. The summed E-state index contributed by atoms with van der Waals surface area (Å²) in [4.78, 5) is 50.5. The summed E-state index contributed by atoms with van der Waals surface area (Å²) in [5, 5.41) is 20.9. The molecule has 1 aliphatic rings. The van der Waals surface area contributed by atoms with Gasteiger partial charge in [0, 0.05) is 18.5 Å². The molecule has 1 saturated heterocycles. The van der Waals surface area contributed by atoms with Crippen LogP contribution in [-0.4, -0.2) is 83.8 Å². The first kappa shape index (κ1) is 30.5. The number of phosphoric acid groups is 2. The van der Waals surface area contributed by atoms with Crippen LogP contribution in [0.25, 0.3) is 0 Å². The first-order valence-electron chi connectivity index (χ1n) is 11.5. The van der Waals surface area contributed by atoms with Crippen LogP contribution in [-0.2, 0) is 33.8 Å². The molecule has 0 amide bonds. The van der Waals surface area contributed by atoms with Crippen molar-refractivity contribution in [1.29, 1.82) is 0 Å². The van der Waals surface area contributed by atoms with Gasteiger partial charge in [0.2, 0.25) is 0 Å². The molecule has 3 unspecified atom stereocenters. The normalized spacial score (nSPS) is 24.8. The van der Waals surface area contributed by atoms with E-state index < -0.39 is 58.0 Å². The largest absolute Gasteiger partial charge is 0.482 e. The molecule has 2 aromatic rings. The maximum Gasteiger partial charge on any atom is 0.482 e. The predicted molar refractivity (Wildman–Crippen MR) is 130 cm³/mol. The van der Waals surface area contributed by atoms with Gasteiger partial charge in [-0.3, -0.25) is 32.9 Å². The SMILES string of the molecule is CCN(CC)COP(=O)(O)OP(=O)(O)OC[C@H]1O[C@@H](n2ccc(=O)n(Cc3ccccn3)c2=O)[C@@H](O)C1O. The van der Waals surface area contributed by atoms with Gasteiger partial charge >= 0.3 is 21.3 Å². The summed E-state index contributed by atoms with van der Waals surface area (Å²) < 4.78 is 45.0. The van der Waals surface area contributed by atoms with Gasteiger partial charge in [0.25, 0.3) is 5.56 Å². The third kappa shape index (κ3) is 7.74. The summed E-state index contributed by atoms with van der Waals surface area (Å²) in [5.41, 5.74) is -1.09. The highest BCUT2D eigenvalue weighted by molar-refractivity contribution is 7.61. The summed E-state index contributed by atoms with van der Waals surface area (Å²) in [6.07, 6.45) is -3.81. The van der Waals surface area contributed by atoms with Crippen molar-refractivity contribution in [1.82, 2.24) is 19.0 Å². The molecular formula is C20H30N4O12P2. The van der Waals surface area contributed by atoms with E-state index in [-0.39, 0.29) is 13.3 Å². The van der Waals surface area contributed by atoms with Crippen LogP contribution in [0, 0.1) is 0 Å². The van der Waals surface area contributed by atoms with Crippen molar-refractivity contribution in [3.8, 4) is 0 Å². The van der Waals surface area contributed by atoms with E-state index in [2.05, 4.69) is 18.3 Å². The number of hydrogen-bond donors (Lipinski definition) is 4. The topological polar surface area (TPSA) is 212 Å². The zero-order chi connectivity index (χ0) is 28.1. The molecule has 0 saturated carbocycles. The van der Waals surface area contributed by atoms with E-state index in [1.54, 1.807) is 36.9 Å². The van der Waals surface area contributed by atoms with E-state index in [1.807, 2.05) is 0 Å². The Morgan fingerprint density at radius 2 is 1.74 bits per heavy atom. The first-order chi connectivity index (χ1) is 17.9. The van der Waals surface area contributed by atoms with Gasteiger partial charge in [-0.05, 0) is 25.2 Å². The number of phosphoric ester groups is 2. The Kier molecular flexibility index (Phi) is 10.3. The van der Waals surface area contributed by atoms with Gasteiger partial charge in [0.05, 0.1) is 18.8 Å². The fourth-order valence-corrected chi connectivity index (χ4v) is 5.59. The van der Waals surface area contributed by atoms with Crippen molar-refractivity contribution >= 4 is 15.6 Å². The highest BCUT2D eigenvalue weighted by Crippen LogP contribution is 2.60. The zero-order valence-corrected chi connectivity index (χ0v) is 22.3. The van der Waals surface area contributed by atoms with Gasteiger partial charge in [-0.25, -0.2) is 13.9 Å². The second-order valence-corrected chi connectivity index (χ2v) is 11.2. The number of aliphatic hydroxyl groups is 2. The van der Waals surface area contributed by atoms with Crippen LogP contribution in [0.5, 0.6) is 0 Å². The van der Waals surface area contributed by atoms with Crippen LogP contribution in [0.1, 0.15) is 25.8 Å². The maximum absolute atomic E-state index is 13.0. The van der Waals surface area contributed by atoms with Gasteiger partial charge in [-0.15, -0.1) is 0 Å². The Labute approximate surface area is 216 Å². The fraction of sp³-hybridized carbons (Fsp3) is 0.550. The second kappa shape index (κ2) is 12.9. The Bertz CT molecular complexity index is 1280. The Morgan fingerprint density at radius 1 is 1.05 bits per heavy atom. The summed E-state index contributed by atoms with van der Waals surface area (Å²) in [6.45, 7) is 3.11. The highest BCUT2D eigenvalue weighted by atomic mass is 31.3. The van der Waals surface area contributed by atoms with Crippen LogP contribution in [0.4, 0.5) is 0 Å². The first-order valence-corrected chi connectivity index (χ1v) is 14.5. The van der Waals surface area contributed by atoms with Crippen LogP contribution in [0.15, 0.2) is 46.2 Å². The van der Waals surface area contributed by atoms with E-state index in [0.717, 1.165) is 21.4 Å². The molecule has 18 heteroatoms. The molecule has 0 radical (unpaired) electrons. The summed E-state index contributed by atoms with van der Waals surface area (Å²) in [7, 11) is -10.2. The fourth-order valence-electron chi connectivity index (χ4n) is 3.53. The number of nitrogens with zero attached hydrogens (tertiary/aromatic N) is 4. The molecule has 16 nitrogen and oxygen atoms in total. The van der Waals surface area contributed by atoms with Crippen LogP contribution >= 0.6 is 15.6 Å². The molecule has 0 spiro atoms. The van der Waals surface area contributed by atoms with Gasteiger partial charge in [-0.2, -0.15) is 4.31 Å². The number of rotatable bonds is 13. The van der Waals surface area contributed by atoms with Crippen molar-refractivity contribution in [2.45, 2.75) is 44.9 Å². The standard InChI is InChI=1S/C20H30N4O12P2/c1-3-22(4-2)13-34-38(31,32)36-37(29,30)33-12-15-17(26)18(27)19(35-15)23-10-8-16(25)24(20(23)28)11-14-7-5-6-9-21-14/h5-10,15,17-19,26-27H,3-4,11-13H2,1-2H3,(H,29,30)(H,31,32)/t15-,17?,18+,19-/m1/s1. The minimum atomic E-state index is -5.19. The smallest absolute Gasteiger partial charge is 0.387 e. The Balaban J connectivity index is 1.68. The van der Waals surface area contributed by atoms with Gasteiger partial charge < -0.3 is 24.7 Å². The van der Waals surface area contributed by atoms with E-state index in [4.69, 9.17) is 4.74 Å². The summed E-state index contributed by atoms with van der Waals surface area (Å²) in [5.74, 6) is 0. The van der Waals surface area contributed by atoms with E-state index >= 15 is 0 Å². The molecule has 4 N–H and O–H groups in total. The zero-order valence-electron chi connectivity index (χ0n) is 20.5. The number of pyridine rings is 1. The second-order valence-electron chi connectivity index (χ2n) is 8.17. The molecule has 0 bridgehead atoms. The molecule has 212 valence electrons. The lowest BCUT2D eigenvalue weighted by Gasteiger charge is -2.22. The highest BCUT2D eigenvalue weighted by Gasteiger charge is 2.46. The molecule has 0 aliphatic carbocycles. The molecule has 38 heavy (non-hydrogen) atoms. The molecular weight excluding hydrogens is 550 g/mol. The van der Waals surface area contributed by atoms with Crippen molar-refractivity contribution < 1.29 is 47.2 Å². The maximum atomic E-state index is 13.0. The average molecular weight is 580 g/mol. The molecule has 1 fully saturated rings. The Hall–Kier alpha value is -2.07. The van der Waals surface area contributed by atoms with Crippen molar-refractivity contribution in [2.75, 3.05) is 26.4 Å². The number of ether oxygens (including phenoxy) is 1. The quantitative estimate of drug-likeness (QED) is 0.176. The molecule has 2 aromatic heterocycles. The number of aliphatic hydroxyl groups excluding tert-OH is 2. The number of aromatic nitrogens is 3. The van der Waals surface area contributed by atoms with Gasteiger partial charge in [0.1, 0.15) is 25.0 Å². The predicted octanol–water partition coefficient (Wildman–Crippen LogP) is -0.378. The van der Waals surface area contributed by atoms with Gasteiger partial charge in [-0.1, -0.05) is 19.9 Å². The summed E-state index contributed by atoms with van der Waals surface area (Å²) in [6, 6.07) is 6.01. The minimum absolute atomic E-state index is 0.167. The third-order valence-corrected chi connectivity index (χ3v) is 8.23. The minimum Gasteiger partial charge on any atom is -0.387 e. The van der Waals surface area contributed by atoms with E-state index in [1.165, 1.54) is 6.20 Å². The lowest BCUT2D eigenvalue weighted by Crippen LogP contribution is -2.43. The average Bonchev–Trinajstić information content (AvgIpc) is 3.14. The van der Waals surface area contributed by atoms with E-state index in [9.17, 15) is 38.7 Å². The van der Waals surface area contributed by atoms with Crippen LogP contribution in [0.2, 0.25) is 0 Å². The van der Waals surface area contributed by atoms with E-state index in [0.29, 0.717) is 18.8 Å². The molecule has 1 aliphatic heterocycles. The molecule has 6 atom stereocenters. The molecule has 0 aromatic carbocycles. The van der Waals surface area contributed by atoms with Crippen LogP contribution in [0.3, 0.4) is 0 Å². The van der Waals surface area contributed by atoms with Crippen LogP contribution < -0.4 is 11.2 Å². The van der Waals surface area contributed by atoms with Crippen molar-refractivity contribution in [3.05, 3.63) is 63.2 Å². The molecule has 3 heterocycles. The molecule has 3 rings (SSSR count). The van der Waals surface area contributed by atoms with Crippen molar-refractivity contribution in [2.24, 2.45) is 0 Å². The third-order valence-electron chi connectivity index (χ3n) is 5.66. The van der Waals surface area contributed by atoms with Gasteiger partial charge in [0.15, 0.2) is 6.23 Å². The monoisotopic (exact) mass is 580 g/mol. The lowest BCUT2D eigenvalue weighted by atomic mass is 10.1. The summed E-state index contributed by atoms with van der Waals surface area (Å²) >= 11 is 0. The number of hydrogen-bond acceptors (Lipinski definition) is 12.